The molecule has 34 heavy (non-hydrogen) atoms. The van der Waals surface area contributed by atoms with Crippen LogP contribution < -0.4 is 21.3 Å². The van der Waals surface area contributed by atoms with Gasteiger partial charge in [0.1, 0.15) is 16.1 Å². The number of alkyl carbamates (subject to hydrolysis) is 1. The second kappa shape index (κ2) is 9.66. The summed E-state index contributed by atoms with van der Waals surface area (Å²) in [5.41, 5.74) is 0.208. The lowest BCUT2D eigenvalue weighted by atomic mass is 9.91. The summed E-state index contributed by atoms with van der Waals surface area (Å²) < 4.78 is 12.9. The largest absolute Gasteiger partial charge is 0.493 e. The summed E-state index contributed by atoms with van der Waals surface area (Å²) in [6.45, 7) is 7.93. The van der Waals surface area contributed by atoms with E-state index in [1.54, 1.807) is 0 Å². The molecule has 8 nitrogen and oxygen atoms in total. The Labute approximate surface area is 201 Å². The Morgan fingerprint density at radius 3 is 2.56 bits per heavy atom. The topological polar surface area (TPSA) is 102 Å². The molecule has 1 amide bonds. The summed E-state index contributed by atoms with van der Waals surface area (Å²) in [5.74, 6) is 0.745. The average Bonchev–Trinajstić information content (AvgIpc) is 3.18. The number of para-hydroxylation sites is 1. The summed E-state index contributed by atoms with van der Waals surface area (Å²) in [4.78, 5) is 42.1. The van der Waals surface area contributed by atoms with Gasteiger partial charge in [-0.05, 0) is 71.6 Å². The van der Waals surface area contributed by atoms with Crippen LogP contribution in [0, 0.1) is 0 Å². The minimum atomic E-state index is -0.556. The molecule has 0 bridgehead atoms. The van der Waals surface area contributed by atoms with E-state index in [0.717, 1.165) is 16.2 Å². The fourth-order valence-electron chi connectivity index (χ4n) is 4.39. The predicted octanol–water partition coefficient (Wildman–Crippen LogP) is 4.83. The monoisotopic (exact) mass is 485 g/mol. The number of aromatic amines is 1. The van der Waals surface area contributed by atoms with Gasteiger partial charge in [-0.15, -0.1) is 11.3 Å². The highest BCUT2D eigenvalue weighted by Crippen LogP contribution is 2.37. The van der Waals surface area contributed by atoms with Crippen LogP contribution in [0.15, 0.2) is 39.9 Å². The number of thiophene rings is 1. The molecule has 2 heterocycles. The normalized spacial score (nSPS) is 18.6. The maximum atomic E-state index is 13.4. The molecule has 1 saturated carbocycles. The average molecular weight is 486 g/mol. The molecule has 2 aromatic heterocycles. The van der Waals surface area contributed by atoms with E-state index in [9.17, 15) is 14.4 Å². The fraction of sp³-hybridized carbons (Fsp3) is 0.480. The first-order chi connectivity index (χ1) is 16.2. The van der Waals surface area contributed by atoms with Gasteiger partial charge in [0.25, 0.3) is 5.56 Å². The molecule has 182 valence electrons. The van der Waals surface area contributed by atoms with Gasteiger partial charge in [0, 0.05) is 22.5 Å². The second-order valence-corrected chi connectivity index (χ2v) is 10.6. The van der Waals surface area contributed by atoms with E-state index in [1.807, 2.05) is 58.0 Å². The quantitative estimate of drug-likeness (QED) is 0.539. The summed E-state index contributed by atoms with van der Waals surface area (Å²) in [6, 6.07) is 9.27. The highest BCUT2D eigenvalue weighted by Gasteiger charge is 2.28. The van der Waals surface area contributed by atoms with Crippen LogP contribution in [0.2, 0.25) is 0 Å². The van der Waals surface area contributed by atoms with E-state index in [1.165, 1.54) is 15.9 Å². The Bertz CT molecular complexity index is 1290. The van der Waals surface area contributed by atoms with Crippen molar-refractivity contribution in [2.24, 2.45) is 0 Å². The molecule has 0 unspecified atom stereocenters. The smallest absolute Gasteiger partial charge is 0.407 e. The van der Waals surface area contributed by atoms with Crippen molar-refractivity contribution in [3.8, 4) is 16.2 Å². The third-order valence-corrected chi connectivity index (χ3v) is 7.00. The van der Waals surface area contributed by atoms with Crippen LogP contribution in [-0.2, 0) is 4.74 Å². The number of benzene rings is 1. The molecule has 1 aromatic carbocycles. The van der Waals surface area contributed by atoms with Gasteiger partial charge in [-0.25, -0.2) is 9.59 Å². The predicted molar refractivity (Wildman–Crippen MR) is 134 cm³/mol. The van der Waals surface area contributed by atoms with Gasteiger partial charge in [-0.2, -0.15) is 0 Å². The van der Waals surface area contributed by atoms with Crippen molar-refractivity contribution in [2.45, 2.75) is 71.1 Å². The Hall–Kier alpha value is -3.07. The summed E-state index contributed by atoms with van der Waals surface area (Å²) in [5, 5.41) is 2.90. The zero-order chi connectivity index (χ0) is 24.5. The number of nitrogens with one attached hydrogen (secondary N) is 2. The third kappa shape index (κ3) is 5.19. The summed E-state index contributed by atoms with van der Waals surface area (Å²) >= 11 is 1.36. The van der Waals surface area contributed by atoms with Crippen molar-refractivity contribution in [2.75, 3.05) is 6.61 Å². The lowest BCUT2D eigenvalue weighted by Crippen LogP contribution is -2.44. The maximum absolute atomic E-state index is 13.4. The number of rotatable bonds is 5. The number of ether oxygens (including phenoxy) is 2. The van der Waals surface area contributed by atoms with Crippen molar-refractivity contribution >= 4 is 27.6 Å². The van der Waals surface area contributed by atoms with Crippen LogP contribution in [-0.4, -0.2) is 33.9 Å². The van der Waals surface area contributed by atoms with E-state index in [4.69, 9.17) is 9.47 Å². The van der Waals surface area contributed by atoms with Gasteiger partial charge < -0.3 is 19.8 Å². The van der Waals surface area contributed by atoms with Crippen LogP contribution in [0.4, 0.5) is 4.79 Å². The van der Waals surface area contributed by atoms with Gasteiger partial charge in [-0.1, -0.05) is 12.1 Å². The van der Waals surface area contributed by atoms with E-state index >= 15 is 0 Å². The number of amides is 1. The first kappa shape index (κ1) is 24.1. The van der Waals surface area contributed by atoms with Crippen LogP contribution in [0.3, 0.4) is 0 Å². The Kier molecular flexibility index (Phi) is 6.84. The number of carbonyl (C=O) groups is 1. The third-order valence-electron chi connectivity index (χ3n) is 5.84. The van der Waals surface area contributed by atoms with E-state index in [0.29, 0.717) is 42.5 Å². The van der Waals surface area contributed by atoms with Crippen LogP contribution in [0.1, 0.15) is 59.4 Å². The number of aromatic nitrogens is 2. The zero-order valence-corrected chi connectivity index (χ0v) is 20.8. The molecule has 0 saturated heterocycles. The maximum Gasteiger partial charge on any atom is 0.407 e. The Balaban J connectivity index is 1.55. The first-order valence-corrected chi connectivity index (χ1v) is 12.5. The lowest BCUT2D eigenvalue weighted by Gasteiger charge is -2.30. The van der Waals surface area contributed by atoms with E-state index < -0.39 is 17.4 Å². The highest BCUT2D eigenvalue weighted by molar-refractivity contribution is 7.22. The minimum absolute atomic E-state index is 0.0342. The molecular formula is C25H31N3O5S. The number of hydrogen-bond acceptors (Lipinski definition) is 6. The molecule has 0 spiro atoms. The molecule has 4 rings (SSSR count). The number of carbonyl (C=O) groups excluding carboxylic acids is 1. The lowest BCUT2D eigenvalue weighted by molar-refractivity contribution is 0.0487. The number of H-pyrrole nitrogens is 1. The first-order valence-electron chi connectivity index (χ1n) is 11.7. The molecular weight excluding hydrogens is 454 g/mol. The van der Waals surface area contributed by atoms with Crippen molar-refractivity contribution in [1.29, 1.82) is 0 Å². The van der Waals surface area contributed by atoms with Gasteiger partial charge in [0.15, 0.2) is 0 Å². The highest BCUT2D eigenvalue weighted by atomic mass is 32.1. The van der Waals surface area contributed by atoms with Crippen LogP contribution in [0.5, 0.6) is 5.75 Å². The summed E-state index contributed by atoms with van der Waals surface area (Å²) in [6.07, 6.45) is 2.16. The second-order valence-electron chi connectivity index (χ2n) is 9.54. The van der Waals surface area contributed by atoms with E-state index in [2.05, 4.69) is 10.3 Å². The Morgan fingerprint density at radius 2 is 1.88 bits per heavy atom. The van der Waals surface area contributed by atoms with E-state index in [-0.39, 0.29) is 17.6 Å². The van der Waals surface area contributed by atoms with Gasteiger partial charge >= 0.3 is 11.8 Å². The molecule has 9 heteroatoms. The van der Waals surface area contributed by atoms with Crippen molar-refractivity contribution < 1.29 is 14.3 Å². The number of nitrogens with zero attached hydrogens (tertiary/aromatic N) is 1. The van der Waals surface area contributed by atoms with Gasteiger partial charge in [-0.3, -0.25) is 9.36 Å². The van der Waals surface area contributed by atoms with Gasteiger partial charge in [0.05, 0.1) is 12.1 Å². The molecule has 0 atom stereocenters. The minimum Gasteiger partial charge on any atom is -0.493 e. The Morgan fingerprint density at radius 1 is 1.18 bits per heavy atom. The molecule has 2 N–H and O–H groups in total. The van der Waals surface area contributed by atoms with Crippen molar-refractivity contribution in [1.82, 2.24) is 14.9 Å². The van der Waals surface area contributed by atoms with Crippen molar-refractivity contribution in [3.63, 3.8) is 0 Å². The van der Waals surface area contributed by atoms with Gasteiger partial charge in [0.2, 0.25) is 0 Å². The van der Waals surface area contributed by atoms with Crippen LogP contribution in [0.25, 0.3) is 20.7 Å². The van der Waals surface area contributed by atoms with Crippen LogP contribution >= 0.6 is 11.3 Å². The molecule has 1 aliphatic carbocycles. The summed E-state index contributed by atoms with van der Waals surface area (Å²) in [7, 11) is 0. The number of hydrogen-bond donors (Lipinski definition) is 2. The number of fused-ring (bicyclic) bond motifs is 1. The molecule has 3 aromatic rings. The molecule has 1 fully saturated rings. The SMILES string of the molecule is CCOc1ccccc1-c1cc2[nH]c(=O)n(C3CCC(NC(=O)OC(C)(C)C)CC3)c(=O)c2s1. The zero-order valence-electron chi connectivity index (χ0n) is 20.0. The molecule has 1 aliphatic rings. The standard InChI is InChI=1S/C25H31N3O5S/c1-5-32-19-9-7-6-8-17(19)20-14-18-21(34-20)22(29)28(23(30)27-18)16-12-10-15(11-13-16)26-24(31)33-25(2,3)4/h6-9,14-16H,5,10-13H2,1-4H3,(H,26,31)(H,27,30). The van der Waals surface area contributed by atoms with Crippen molar-refractivity contribution in [3.05, 3.63) is 51.2 Å². The molecule has 0 radical (unpaired) electrons. The molecule has 0 aliphatic heterocycles. The fourth-order valence-corrected chi connectivity index (χ4v) is 5.47.